The second-order valence-corrected chi connectivity index (χ2v) is 8.99. The van der Waals surface area contributed by atoms with E-state index in [1.54, 1.807) is 0 Å². The minimum Gasteiger partial charge on any atom is -0.467 e. The summed E-state index contributed by atoms with van der Waals surface area (Å²) in [6, 6.07) is 20.6. The van der Waals surface area contributed by atoms with Crippen LogP contribution in [0.5, 0.6) is 0 Å². The molecule has 0 unspecified atom stereocenters. The van der Waals surface area contributed by atoms with Gasteiger partial charge in [0.25, 0.3) is 0 Å². The van der Waals surface area contributed by atoms with Crippen molar-refractivity contribution < 1.29 is 4.74 Å². The first kappa shape index (κ1) is 17.1. The molecule has 2 heterocycles. The van der Waals surface area contributed by atoms with E-state index < -0.39 is 10.6 Å². The van der Waals surface area contributed by atoms with Crippen LogP contribution >= 0.6 is 11.6 Å². The van der Waals surface area contributed by atoms with Gasteiger partial charge < -0.3 is 4.74 Å². The number of hydrogen-bond acceptors (Lipinski definition) is 2. The second kappa shape index (κ2) is 5.72. The van der Waals surface area contributed by atoms with Crippen molar-refractivity contribution >= 4 is 23.1 Å². The number of benzene rings is 2. The SMILES string of the molecule is CC1(C)C(C2CCC2)=N[C@@]2(c3ccccc3)C=C(c3ccccc3)O[C@@]12Cl. The number of aliphatic imine (C=N–C) groups is 1. The van der Waals surface area contributed by atoms with Crippen LogP contribution in [0.2, 0.25) is 0 Å². The van der Waals surface area contributed by atoms with Crippen LogP contribution in [0, 0.1) is 11.3 Å². The van der Waals surface area contributed by atoms with Gasteiger partial charge >= 0.3 is 0 Å². The van der Waals surface area contributed by atoms with Crippen LogP contribution in [0.1, 0.15) is 44.2 Å². The molecule has 0 radical (unpaired) electrons. The third-order valence-electron chi connectivity index (χ3n) is 6.59. The highest BCUT2D eigenvalue weighted by molar-refractivity contribution is 6.29. The van der Waals surface area contributed by atoms with Gasteiger partial charge in [0.15, 0.2) is 5.54 Å². The van der Waals surface area contributed by atoms with E-state index in [0.717, 1.165) is 16.9 Å². The van der Waals surface area contributed by atoms with Crippen molar-refractivity contribution in [1.29, 1.82) is 0 Å². The van der Waals surface area contributed by atoms with Gasteiger partial charge in [0.05, 0.1) is 5.41 Å². The molecule has 2 aromatic carbocycles. The lowest BCUT2D eigenvalue weighted by Gasteiger charge is -2.43. The third kappa shape index (κ3) is 2.17. The Morgan fingerprint density at radius 1 is 0.963 bits per heavy atom. The predicted octanol–water partition coefficient (Wildman–Crippen LogP) is 6.17. The fourth-order valence-corrected chi connectivity index (χ4v) is 5.18. The molecule has 2 aliphatic heterocycles. The minimum absolute atomic E-state index is 0.359. The van der Waals surface area contributed by atoms with E-state index in [2.05, 4.69) is 56.3 Å². The molecule has 1 fully saturated rings. The lowest BCUT2D eigenvalue weighted by Crippen LogP contribution is -2.52. The zero-order valence-corrected chi connectivity index (χ0v) is 16.5. The zero-order valence-electron chi connectivity index (χ0n) is 15.8. The molecule has 5 rings (SSSR count). The highest BCUT2D eigenvalue weighted by Crippen LogP contribution is 2.65. The van der Waals surface area contributed by atoms with Gasteiger partial charge in [0, 0.05) is 11.3 Å². The van der Waals surface area contributed by atoms with Gasteiger partial charge in [-0.05, 0) is 44.2 Å². The summed E-state index contributed by atoms with van der Waals surface area (Å²) in [5.41, 5.74) is 2.29. The van der Waals surface area contributed by atoms with Crippen molar-refractivity contribution in [3.63, 3.8) is 0 Å². The average molecular weight is 378 g/mol. The van der Waals surface area contributed by atoms with Crippen LogP contribution in [0.3, 0.4) is 0 Å². The number of halogens is 1. The molecule has 0 N–H and O–H groups in total. The van der Waals surface area contributed by atoms with E-state index in [0.29, 0.717) is 5.92 Å². The summed E-state index contributed by atoms with van der Waals surface area (Å²) in [5.74, 6) is 1.35. The van der Waals surface area contributed by atoms with E-state index in [1.807, 2.05) is 24.3 Å². The number of fused-ring (bicyclic) bond motifs is 1. The lowest BCUT2D eigenvalue weighted by molar-refractivity contribution is 0.0308. The van der Waals surface area contributed by atoms with Crippen molar-refractivity contribution in [2.75, 3.05) is 0 Å². The molecule has 138 valence electrons. The Balaban J connectivity index is 1.74. The number of rotatable bonds is 3. The Hall–Kier alpha value is -2.06. The molecule has 1 aliphatic carbocycles. The van der Waals surface area contributed by atoms with Gasteiger partial charge in [-0.25, -0.2) is 0 Å². The molecule has 3 aliphatic rings. The Labute approximate surface area is 165 Å². The van der Waals surface area contributed by atoms with E-state index in [1.165, 1.54) is 25.0 Å². The lowest BCUT2D eigenvalue weighted by atomic mass is 9.67. The smallest absolute Gasteiger partial charge is 0.225 e. The maximum atomic E-state index is 7.43. The monoisotopic (exact) mass is 377 g/mol. The summed E-state index contributed by atoms with van der Waals surface area (Å²) in [5, 5.41) is -0.961. The van der Waals surface area contributed by atoms with Gasteiger partial charge in [-0.2, -0.15) is 0 Å². The Kier molecular flexibility index (Phi) is 3.61. The highest BCUT2D eigenvalue weighted by atomic mass is 35.5. The quantitative estimate of drug-likeness (QED) is 0.586. The molecule has 0 spiro atoms. The van der Waals surface area contributed by atoms with Crippen LogP contribution in [0.15, 0.2) is 71.7 Å². The Morgan fingerprint density at radius 2 is 1.59 bits per heavy atom. The van der Waals surface area contributed by atoms with Crippen LogP contribution in [0.4, 0.5) is 0 Å². The van der Waals surface area contributed by atoms with Crippen molar-refractivity contribution in [1.82, 2.24) is 0 Å². The van der Waals surface area contributed by atoms with Gasteiger partial charge in [-0.1, -0.05) is 78.7 Å². The summed E-state index contributed by atoms with van der Waals surface area (Å²) in [6.07, 6.45) is 5.84. The molecule has 0 aromatic heterocycles. The molecule has 0 amide bonds. The molecular weight excluding hydrogens is 354 g/mol. The molecule has 2 aromatic rings. The van der Waals surface area contributed by atoms with E-state index in [4.69, 9.17) is 21.3 Å². The predicted molar refractivity (Wildman–Crippen MR) is 111 cm³/mol. The number of hydrogen-bond donors (Lipinski definition) is 0. The first-order chi connectivity index (χ1) is 13.0. The van der Waals surface area contributed by atoms with Gasteiger partial charge in [0.2, 0.25) is 5.06 Å². The standard InChI is InChI=1S/C24H24ClNO/c1-22(2)21(18-12-9-13-18)26-23(19-14-7-4-8-15-19)16-20(27-24(22,23)25)17-10-5-3-6-11-17/h3-8,10-11,14-16,18H,9,12-13H2,1-2H3/t23-,24+/m1/s1. The summed E-state index contributed by atoms with van der Waals surface area (Å²) >= 11 is 7.43. The summed E-state index contributed by atoms with van der Waals surface area (Å²) in [7, 11) is 0. The first-order valence-electron chi connectivity index (χ1n) is 9.80. The zero-order chi connectivity index (χ0) is 18.7. The maximum Gasteiger partial charge on any atom is 0.225 e. The van der Waals surface area contributed by atoms with Crippen molar-refractivity contribution in [3.8, 4) is 0 Å². The Bertz CT molecular complexity index is 929. The maximum absolute atomic E-state index is 7.43. The van der Waals surface area contributed by atoms with Gasteiger partial charge in [-0.15, -0.1) is 0 Å². The topological polar surface area (TPSA) is 21.6 Å². The normalized spacial score (nSPS) is 31.5. The molecule has 3 heteroatoms. The summed E-state index contributed by atoms with van der Waals surface area (Å²) in [6.45, 7) is 4.40. The van der Waals surface area contributed by atoms with E-state index in [9.17, 15) is 0 Å². The molecule has 2 atom stereocenters. The van der Waals surface area contributed by atoms with Crippen molar-refractivity contribution in [2.24, 2.45) is 16.3 Å². The fourth-order valence-electron chi connectivity index (χ4n) is 4.80. The highest BCUT2D eigenvalue weighted by Gasteiger charge is 2.71. The molecule has 1 saturated carbocycles. The Morgan fingerprint density at radius 3 is 2.19 bits per heavy atom. The number of alkyl halides is 1. The van der Waals surface area contributed by atoms with Crippen molar-refractivity contribution in [3.05, 3.63) is 77.9 Å². The number of nitrogens with zero attached hydrogens (tertiary/aromatic N) is 1. The first-order valence-corrected chi connectivity index (χ1v) is 10.2. The van der Waals surface area contributed by atoms with Crippen molar-refractivity contribution in [2.45, 2.75) is 43.7 Å². The van der Waals surface area contributed by atoms with E-state index >= 15 is 0 Å². The number of ether oxygens (including phenoxy) is 1. The van der Waals surface area contributed by atoms with E-state index in [-0.39, 0.29) is 5.41 Å². The second-order valence-electron chi connectivity index (χ2n) is 8.45. The molecule has 27 heavy (non-hydrogen) atoms. The fraction of sp³-hybridized carbons (Fsp3) is 0.375. The molecular formula is C24H24ClNO. The molecule has 0 bridgehead atoms. The summed E-state index contributed by atoms with van der Waals surface area (Å²) in [4.78, 5) is 5.36. The summed E-state index contributed by atoms with van der Waals surface area (Å²) < 4.78 is 6.59. The van der Waals surface area contributed by atoms with Gasteiger partial charge in [0.1, 0.15) is 5.76 Å². The van der Waals surface area contributed by atoms with Crippen LogP contribution in [0.25, 0.3) is 5.76 Å². The molecule has 2 nitrogen and oxygen atoms in total. The van der Waals surface area contributed by atoms with Crippen LogP contribution in [-0.2, 0) is 10.3 Å². The van der Waals surface area contributed by atoms with Gasteiger partial charge in [-0.3, -0.25) is 4.99 Å². The molecule has 0 saturated heterocycles. The third-order valence-corrected chi connectivity index (χ3v) is 7.42. The van der Waals surface area contributed by atoms with Crippen LogP contribution in [-0.4, -0.2) is 10.8 Å². The average Bonchev–Trinajstić information content (AvgIpc) is 3.04. The van der Waals surface area contributed by atoms with Crippen LogP contribution < -0.4 is 0 Å². The largest absolute Gasteiger partial charge is 0.467 e. The minimum atomic E-state index is -0.961.